The van der Waals surface area contributed by atoms with E-state index >= 15 is 0 Å². The Hall–Kier alpha value is -3.61. The summed E-state index contributed by atoms with van der Waals surface area (Å²) in [6.45, 7) is 4.08. The molecule has 2 aromatic carbocycles. The molecule has 0 unspecified atom stereocenters. The molecule has 1 aliphatic heterocycles. The van der Waals surface area contributed by atoms with Gasteiger partial charge in [0, 0.05) is 17.7 Å². The van der Waals surface area contributed by atoms with E-state index in [0.29, 0.717) is 22.7 Å². The second-order valence-corrected chi connectivity index (χ2v) is 6.64. The average molecular weight is 392 g/mol. The van der Waals surface area contributed by atoms with Gasteiger partial charge in [0.25, 0.3) is 0 Å². The van der Waals surface area contributed by atoms with Crippen LogP contribution in [0.3, 0.4) is 0 Å². The molecule has 0 amide bonds. The molecule has 7 heteroatoms. The van der Waals surface area contributed by atoms with E-state index < -0.39 is 5.97 Å². The van der Waals surface area contributed by atoms with Gasteiger partial charge in [-0.2, -0.15) is 5.10 Å². The number of fused-ring (bicyclic) bond motifs is 1. The molecule has 2 heterocycles. The van der Waals surface area contributed by atoms with Crippen molar-refractivity contribution in [3.8, 4) is 17.2 Å². The maximum absolute atomic E-state index is 12.8. The largest absolute Gasteiger partial charge is 0.461 e. The summed E-state index contributed by atoms with van der Waals surface area (Å²) in [6, 6.07) is 14.3. The van der Waals surface area contributed by atoms with E-state index in [-0.39, 0.29) is 31.3 Å². The van der Waals surface area contributed by atoms with Crippen LogP contribution in [0.2, 0.25) is 0 Å². The van der Waals surface area contributed by atoms with Crippen LogP contribution in [0.15, 0.2) is 48.5 Å². The van der Waals surface area contributed by atoms with Crippen molar-refractivity contribution >= 4 is 11.8 Å². The van der Waals surface area contributed by atoms with Crippen molar-refractivity contribution in [3.05, 3.63) is 71.0 Å². The Balaban J connectivity index is 1.56. The molecule has 0 spiro atoms. The summed E-state index contributed by atoms with van der Waals surface area (Å²) in [5, 5.41) is 4.32. The van der Waals surface area contributed by atoms with Gasteiger partial charge >= 0.3 is 5.97 Å². The predicted octanol–water partition coefficient (Wildman–Crippen LogP) is 3.51. The van der Waals surface area contributed by atoms with Gasteiger partial charge in [-0.1, -0.05) is 18.2 Å². The number of rotatable bonds is 6. The fourth-order valence-corrected chi connectivity index (χ4v) is 3.19. The number of carbonyl (C=O) groups excluding carboxylic acids is 2. The Morgan fingerprint density at radius 2 is 1.93 bits per heavy atom. The molecule has 148 valence electrons. The summed E-state index contributed by atoms with van der Waals surface area (Å²) in [5.41, 5.74) is 3.13. The lowest BCUT2D eigenvalue weighted by molar-refractivity contribution is 0.0518. The Morgan fingerprint density at radius 1 is 1.10 bits per heavy atom. The van der Waals surface area contributed by atoms with E-state index in [1.807, 2.05) is 31.2 Å². The quantitative estimate of drug-likeness (QED) is 0.472. The number of ether oxygens (including phenoxy) is 3. The van der Waals surface area contributed by atoms with Crippen molar-refractivity contribution in [1.29, 1.82) is 0 Å². The molecule has 0 atom stereocenters. The number of nitrogens with zero attached hydrogens (tertiary/aromatic N) is 2. The molecule has 0 radical (unpaired) electrons. The lowest BCUT2D eigenvalue weighted by Gasteiger charge is -2.07. The van der Waals surface area contributed by atoms with Gasteiger partial charge in [-0.25, -0.2) is 9.48 Å². The highest BCUT2D eigenvalue weighted by molar-refractivity contribution is 5.98. The minimum Gasteiger partial charge on any atom is -0.461 e. The summed E-state index contributed by atoms with van der Waals surface area (Å²) in [6.07, 6.45) is 0.242. The first-order valence-corrected chi connectivity index (χ1v) is 9.31. The minimum absolute atomic E-state index is 0.0267. The molecule has 0 aliphatic carbocycles. The van der Waals surface area contributed by atoms with Crippen LogP contribution < -0.4 is 9.47 Å². The summed E-state index contributed by atoms with van der Waals surface area (Å²) in [5.74, 6) is 0.850. The first kappa shape index (κ1) is 18.7. The Labute approximate surface area is 167 Å². The van der Waals surface area contributed by atoms with Gasteiger partial charge in [0.15, 0.2) is 23.0 Å². The molecule has 0 fully saturated rings. The van der Waals surface area contributed by atoms with Crippen molar-refractivity contribution in [2.45, 2.75) is 20.3 Å². The normalized spacial score (nSPS) is 12.1. The fraction of sp³-hybridized carbons (Fsp3) is 0.227. The number of carbonyl (C=O) groups is 2. The van der Waals surface area contributed by atoms with Gasteiger partial charge in [0.05, 0.1) is 12.3 Å². The molecular formula is C22H20N2O5. The first-order chi connectivity index (χ1) is 14.0. The monoisotopic (exact) mass is 392 g/mol. The van der Waals surface area contributed by atoms with Crippen LogP contribution in [-0.4, -0.2) is 34.9 Å². The Bertz CT molecular complexity index is 1090. The third-order valence-corrected chi connectivity index (χ3v) is 4.59. The number of hydrogen-bond donors (Lipinski definition) is 0. The standard InChI is InChI=1S/C22H20N2O5/c1-3-27-22(26)18-9-14(2)24(23-18)17-6-4-5-16(12-17)19(25)10-15-7-8-20-21(11-15)29-13-28-20/h4-9,11-12H,3,10,13H2,1-2H3. The molecule has 1 aliphatic rings. The van der Waals surface area contributed by atoms with Gasteiger partial charge in [-0.05, 0) is 49.7 Å². The van der Waals surface area contributed by atoms with Crippen LogP contribution in [-0.2, 0) is 11.2 Å². The number of esters is 1. The van der Waals surface area contributed by atoms with E-state index in [4.69, 9.17) is 14.2 Å². The number of aryl methyl sites for hydroxylation is 1. The maximum Gasteiger partial charge on any atom is 0.358 e. The summed E-state index contributed by atoms with van der Waals surface area (Å²) >= 11 is 0. The predicted molar refractivity (Wildman–Crippen MR) is 105 cm³/mol. The molecule has 0 bridgehead atoms. The van der Waals surface area contributed by atoms with E-state index in [9.17, 15) is 9.59 Å². The zero-order chi connectivity index (χ0) is 20.4. The highest BCUT2D eigenvalue weighted by atomic mass is 16.7. The number of ketones is 1. The lowest BCUT2D eigenvalue weighted by atomic mass is 10.0. The molecule has 0 saturated heterocycles. The SMILES string of the molecule is CCOC(=O)c1cc(C)n(-c2cccc(C(=O)Cc3ccc4c(c3)OCO4)c2)n1. The van der Waals surface area contributed by atoms with E-state index in [2.05, 4.69) is 5.10 Å². The van der Waals surface area contributed by atoms with Crippen LogP contribution in [0.1, 0.15) is 39.0 Å². The van der Waals surface area contributed by atoms with E-state index in [0.717, 1.165) is 11.3 Å². The van der Waals surface area contributed by atoms with Crippen LogP contribution in [0.25, 0.3) is 5.69 Å². The first-order valence-electron chi connectivity index (χ1n) is 9.31. The minimum atomic E-state index is -0.468. The van der Waals surface area contributed by atoms with Gasteiger partial charge in [-0.3, -0.25) is 4.79 Å². The molecule has 0 N–H and O–H groups in total. The number of Topliss-reactive ketones (excluding diaryl/α,β-unsaturated/α-hetero) is 1. The van der Waals surface area contributed by atoms with Crippen molar-refractivity contribution < 1.29 is 23.8 Å². The molecule has 3 aromatic rings. The van der Waals surface area contributed by atoms with Crippen molar-refractivity contribution in [2.24, 2.45) is 0 Å². The molecule has 4 rings (SSSR count). The molecular weight excluding hydrogens is 372 g/mol. The molecule has 29 heavy (non-hydrogen) atoms. The Kier molecular flexibility index (Phi) is 5.03. The second kappa shape index (κ2) is 7.79. The van der Waals surface area contributed by atoms with Crippen LogP contribution in [0.5, 0.6) is 11.5 Å². The summed E-state index contributed by atoms with van der Waals surface area (Å²) in [7, 11) is 0. The highest BCUT2D eigenvalue weighted by Gasteiger charge is 2.17. The Morgan fingerprint density at radius 3 is 2.76 bits per heavy atom. The third kappa shape index (κ3) is 3.85. The maximum atomic E-state index is 12.8. The van der Waals surface area contributed by atoms with Crippen molar-refractivity contribution in [3.63, 3.8) is 0 Å². The number of hydrogen-bond acceptors (Lipinski definition) is 6. The second-order valence-electron chi connectivity index (χ2n) is 6.64. The van der Waals surface area contributed by atoms with Crippen LogP contribution in [0, 0.1) is 6.92 Å². The molecule has 7 nitrogen and oxygen atoms in total. The smallest absolute Gasteiger partial charge is 0.358 e. The van der Waals surface area contributed by atoms with E-state index in [1.165, 1.54) is 0 Å². The van der Waals surface area contributed by atoms with Crippen LogP contribution in [0.4, 0.5) is 0 Å². The summed E-state index contributed by atoms with van der Waals surface area (Å²) < 4.78 is 17.3. The molecule has 0 saturated carbocycles. The van der Waals surface area contributed by atoms with E-state index in [1.54, 1.807) is 35.9 Å². The van der Waals surface area contributed by atoms with Crippen molar-refractivity contribution in [1.82, 2.24) is 9.78 Å². The van der Waals surface area contributed by atoms with Crippen LogP contribution >= 0.6 is 0 Å². The topological polar surface area (TPSA) is 79.7 Å². The highest BCUT2D eigenvalue weighted by Crippen LogP contribution is 2.32. The van der Waals surface area contributed by atoms with Gasteiger partial charge in [-0.15, -0.1) is 0 Å². The zero-order valence-corrected chi connectivity index (χ0v) is 16.2. The lowest BCUT2D eigenvalue weighted by Crippen LogP contribution is -2.08. The number of benzene rings is 2. The zero-order valence-electron chi connectivity index (χ0n) is 16.2. The number of aromatic nitrogens is 2. The fourth-order valence-electron chi connectivity index (χ4n) is 3.19. The average Bonchev–Trinajstić information content (AvgIpc) is 3.34. The summed E-state index contributed by atoms with van der Waals surface area (Å²) in [4.78, 5) is 24.7. The van der Waals surface area contributed by atoms with Crippen molar-refractivity contribution in [2.75, 3.05) is 13.4 Å². The third-order valence-electron chi connectivity index (χ3n) is 4.59. The van der Waals surface area contributed by atoms with Gasteiger partial charge < -0.3 is 14.2 Å². The van der Waals surface area contributed by atoms with Gasteiger partial charge in [0.1, 0.15) is 0 Å². The van der Waals surface area contributed by atoms with Gasteiger partial charge in [0.2, 0.25) is 6.79 Å². The molecule has 1 aromatic heterocycles.